The summed E-state index contributed by atoms with van der Waals surface area (Å²) in [5.41, 5.74) is 0. The van der Waals surface area contributed by atoms with Crippen LogP contribution < -0.4 is 0 Å². The van der Waals surface area contributed by atoms with Crippen LogP contribution in [0.15, 0.2) is 0 Å². The zero-order valence-electron chi connectivity index (χ0n) is 8.82. The predicted octanol–water partition coefficient (Wildman–Crippen LogP) is 1.38. The van der Waals surface area contributed by atoms with E-state index in [9.17, 15) is 5.11 Å². The lowest BCUT2D eigenvalue weighted by molar-refractivity contribution is 0.0940. The van der Waals surface area contributed by atoms with Gasteiger partial charge in [-0.1, -0.05) is 6.92 Å². The van der Waals surface area contributed by atoms with E-state index in [4.69, 9.17) is 5.26 Å². The molecule has 1 unspecified atom stereocenters. The van der Waals surface area contributed by atoms with E-state index in [1.807, 2.05) is 6.92 Å². The standard InChI is InChI=1S/C10H20N2O/c1-4-10(13)8-12(9(2)3)7-5-6-11/h9-10,13H,4-5,7-8H2,1-3H3. The Kier molecular flexibility index (Phi) is 6.56. The summed E-state index contributed by atoms with van der Waals surface area (Å²) in [7, 11) is 0. The van der Waals surface area contributed by atoms with Crippen molar-refractivity contribution in [2.24, 2.45) is 0 Å². The molecule has 0 saturated carbocycles. The van der Waals surface area contributed by atoms with E-state index in [0.717, 1.165) is 13.0 Å². The van der Waals surface area contributed by atoms with Crippen molar-refractivity contribution >= 4 is 0 Å². The van der Waals surface area contributed by atoms with Crippen LogP contribution in [0.4, 0.5) is 0 Å². The molecule has 0 amide bonds. The Morgan fingerprint density at radius 3 is 2.46 bits per heavy atom. The van der Waals surface area contributed by atoms with E-state index in [-0.39, 0.29) is 6.10 Å². The van der Waals surface area contributed by atoms with Crippen LogP contribution in [0.3, 0.4) is 0 Å². The summed E-state index contributed by atoms with van der Waals surface area (Å²) < 4.78 is 0. The number of aliphatic hydroxyl groups is 1. The molecular weight excluding hydrogens is 164 g/mol. The van der Waals surface area contributed by atoms with E-state index in [1.165, 1.54) is 0 Å². The SMILES string of the molecule is CCC(O)CN(CCC#N)C(C)C. The first kappa shape index (κ1) is 12.4. The van der Waals surface area contributed by atoms with Gasteiger partial charge in [-0.25, -0.2) is 0 Å². The third-order valence-corrected chi connectivity index (χ3v) is 2.16. The number of hydrogen-bond donors (Lipinski definition) is 1. The van der Waals surface area contributed by atoms with E-state index in [0.29, 0.717) is 19.0 Å². The van der Waals surface area contributed by atoms with Gasteiger partial charge >= 0.3 is 0 Å². The van der Waals surface area contributed by atoms with Crippen LogP contribution in [0.25, 0.3) is 0 Å². The summed E-state index contributed by atoms with van der Waals surface area (Å²) in [6.07, 6.45) is 1.05. The minimum atomic E-state index is -0.263. The second kappa shape index (κ2) is 6.88. The summed E-state index contributed by atoms with van der Waals surface area (Å²) in [5, 5.41) is 17.9. The zero-order chi connectivity index (χ0) is 10.3. The Morgan fingerprint density at radius 1 is 1.46 bits per heavy atom. The third kappa shape index (κ3) is 5.62. The van der Waals surface area contributed by atoms with Crippen LogP contribution in [0.2, 0.25) is 0 Å². The number of aliphatic hydroxyl groups excluding tert-OH is 1. The van der Waals surface area contributed by atoms with Crippen molar-refractivity contribution in [3.63, 3.8) is 0 Å². The smallest absolute Gasteiger partial charge is 0.0664 e. The molecule has 0 heterocycles. The van der Waals surface area contributed by atoms with Gasteiger partial charge in [0.15, 0.2) is 0 Å². The Morgan fingerprint density at radius 2 is 2.08 bits per heavy atom. The molecule has 3 heteroatoms. The van der Waals surface area contributed by atoms with Gasteiger partial charge in [-0.15, -0.1) is 0 Å². The Bertz CT molecular complexity index is 163. The minimum absolute atomic E-state index is 0.263. The maximum Gasteiger partial charge on any atom is 0.0664 e. The molecular formula is C10H20N2O. The van der Waals surface area contributed by atoms with Gasteiger partial charge in [-0.2, -0.15) is 5.26 Å². The van der Waals surface area contributed by atoms with E-state index >= 15 is 0 Å². The van der Waals surface area contributed by atoms with Crippen LogP contribution >= 0.6 is 0 Å². The lowest BCUT2D eigenvalue weighted by Crippen LogP contribution is -2.37. The van der Waals surface area contributed by atoms with Gasteiger partial charge in [0, 0.05) is 25.6 Å². The first-order chi connectivity index (χ1) is 6.11. The maximum absolute atomic E-state index is 9.45. The Hall–Kier alpha value is -0.590. The van der Waals surface area contributed by atoms with Crippen molar-refractivity contribution < 1.29 is 5.11 Å². The molecule has 0 saturated heterocycles. The molecule has 0 rings (SSSR count). The predicted molar refractivity (Wildman–Crippen MR) is 53.2 cm³/mol. The summed E-state index contributed by atoms with van der Waals surface area (Å²) in [4.78, 5) is 2.14. The van der Waals surface area contributed by atoms with Gasteiger partial charge in [0.1, 0.15) is 0 Å². The number of rotatable bonds is 6. The summed E-state index contributed by atoms with van der Waals surface area (Å²) in [5.74, 6) is 0. The average molecular weight is 184 g/mol. The summed E-state index contributed by atoms with van der Waals surface area (Å²) in [6.45, 7) is 7.56. The van der Waals surface area contributed by atoms with Crippen molar-refractivity contribution in [2.45, 2.75) is 45.8 Å². The zero-order valence-corrected chi connectivity index (χ0v) is 8.82. The molecule has 0 bridgehead atoms. The largest absolute Gasteiger partial charge is 0.392 e. The number of nitrogens with zero attached hydrogens (tertiary/aromatic N) is 2. The molecule has 0 aromatic carbocycles. The molecule has 0 aromatic heterocycles. The number of hydrogen-bond acceptors (Lipinski definition) is 3. The van der Waals surface area contributed by atoms with E-state index in [1.54, 1.807) is 0 Å². The maximum atomic E-state index is 9.45. The molecule has 13 heavy (non-hydrogen) atoms. The summed E-state index contributed by atoms with van der Waals surface area (Å²) >= 11 is 0. The first-order valence-corrected chi connectivity index (χ1v) is 4.90. The van der Waals surface area contributed by atoms with E-state index in [2.05, 4.69) is 24.8 Å². The molecule has 0 fully saturated rings. The molecule has 0 aromatic rings. The Balaban J connectivity index is 3.88. The molecule has 3 nitrogen and oxygen atoms in total. The number of nitriles is 1. The topological polar surface area (TPSA) is 47.3 Å². The quantitative estimate of drug-likeness (QED) is 0.678. The fraction of sp³-hybridized carbons (Fsp3) is 0.900. The lowest BCUT2D eigenvalue weighted by atomic mass is 10.2. The summed E-state index contributed by atoms with van der Waals surface area (Å²) in [6, 6.07) is 2.52. The van der Waals surface area contributed by atoms with Crippen LogP contribution in [0.5, 0.6) is 0 Å². The second-order valence-corrected chi connectivity index (χ2v) is 3.56. The normalized spacial score (nSPS) is 13.3. The molecule has 0 aliphatic carbocycles. The van der Waals surface area contributed by atoms with Gasteiger partial charge in [-0.3, -0.25) is 4.90 Å². The highest BCUT2D eigenvalue weighted by Gasteiger charge is 2.12. The highest BCUT2D eigenvalue weighted by atomic mass is 16.3. The van der Waals surface area contributed by atoms with Crippen molar-refractivity contribution in [3.8, 4) is 6.07 Å². The van der Waals surface area contributed by atoms with Crippen LogP contribution in [0.1, 0.15) is 33.6 Å². The van der Waals surface area contributed by atoms with Crippen molar-refractivity contribution in [1.29, 1.82) is 5.26 Å². The molecule has 0 radical (unpaired) electrons. The van der Waals surface area contributed by atoms with Crippen LogP contribution in [-0.2, 0) is 0 Å². The van der Waals surface area contributed by atoms with Gasteiger partial charge in [0.05, 0.1) is 12.2 Å². The molecule has 0 aliphatic heterocycles. The molecule has 0 aliphatic rings. The van der Waals surface area contributed by atoms with Gasteiger partial charge in [-0.05, 0) is 20.3 Å². The van der Waals surface area contributed by atoms with Crippen molar-refractivity contribution in [2.75, 3.05) is 13.1 Å². The monoisotopic (exact) mass is 184 g/mol. The highest BCUT2D eigenvalue weighted by molar-refractivity contribution is 4.75. The fourth-order valence-corrected chi connectivity index (χ4v) is 1.15. The highest BCUT2D eigenvalue weighted by Crippen LogP contribution is 2.03. The van der Waals surface area contributed by atoms with Gasteiger partial charge in [0.2, 0.25) is 0 Å². The van der Waals surface area contributed by atoms with Crippen molar-refractivity contribution in [1.82, 2.24) is 4.90 Å². The van der Waals surface area contributed by atoms with Gasteiger partial charge < -0.3 is 5.11 Å². The fourth-order valence-electron chi connectivity index (χ4n) is 1.15. The lowest BCUT2D eigenvalue weighted by Gasteiger charge is -2.27. The van der Waals surface area contributed by atoms with E-state index < -0.39 is 0 Å². The Labute approximate surface area is 81.0 Å². The van der Waals surface area contributed by atoms with Crippen LogP contribution in [-0.4, -0.2) is 35.2 Å². The molecule has 0 spiro atoms. The average Bonchev–Trinajstić information content (AvgIpc) is 2.11. The first-order valence-electron chi connectivity index (χ1n) is 4.90. The van der Waals surface area contributed by atoms with Gasteiger partial charge in [0.25, 0.3) is 0 Å². The van der Waals surface area contributed by atoms with Crippen LogP contribution in [0, 0.1) is 11.3 Å². The second-order valence-electron chi connectivity index (χ2n) is 3.56. The molecule has 1 atom stereocenters. The minimum Gasteiger partial charge on any atom is -0.392 e. The molecule has 1 N–H and O–H groups in total. The molecule has 76 valence electrons. The van der Waals surface area contributed by atoms with Crippen molar-refractivity contribution in [3.05, 3.63) is 0 Å². The third-order valence-electron chi connectivity index (χ3n) is 2.16.